The van der Waals surface area contributed by atoms with Gasteiger partial charge in [0.2, 0.25) is 5.82 Å². The van der Waals surface area contributed by atoms with Gasteiger partial charge in [-0.3, -0.25) is 4.79 Å². The Kier molecular flexibility index (Phi) is 4.82. The molecule has 0 radical (unpaired) electrons. The van der Waals surface area contributed by atoms with Gasteiger partial charge in [0, 0.05) is 11.3 Å². The number of aryl methyl sites for hydroxylation is 1. The maximum atomic E-state index is 13.8. The van der Waals surface area contributed by atoms with Crippen LogP contribution in [-0.4, -0.2) is 26.5 Å². The number of carbonyl (C=O) groups excluding carboxylic acids is 1. The number of rotatable bonds is 4. The Morgan fingerprint density at radius 2 is 1.76 bits per heavy atom. The number of nitrogens with one attached hydrogen (secondary N) is 2. The number of anilines is 1. The molecule has 0 fully saturated rings. The molecule has 2 N–H and O–H groups in total. The highest BCUT2D eigenvalue weighted by Gasteiger charge is 2.15. The van der Waals surface area contributed by atoms with Crippen molar-refractivity contribution in [3.8, 4) is 22.5 Å². The summed E-state index contributed by atoms with van der Waals surface area (Å²) in [5.74, 6) is -2.46. The summed E-state index contributed by atoms with van der Waals surface area (Å²) in [4.78, 5) is 12.2. The predicted molar refractivity (Wildman–Crippen MR) is 104 cm³/mol. The van der Waals surface area contributed by atoms with Crippen LogP contribution in [0.5, 0.6) is 0 Å². The third-order valence-electron chi connectivity index (χ3n) is 4.49. The Bertz CT molecular complexity index is 1170. The summed E-state index contributed by atoms with van der Waals surface area (Å²) in [6.07, 6.45) is 0. The van der Waals surface area contributed by atoms with Gasteiger partial charge in [-0.2, -0.15) is 5.21 Å². The van der Waals surface area contributed by atoms with E-state index in [0.717, 1.165) is 28.3 Å². The van der Waals surface area contributed by atoms with Crippen molar-refractivity contribution in [2.75, 3.05) is 5.32 Å². The van der Waals surface area contributed by atoms with Crippen molar-refractivity contribution < 1.29 is 13.6 Å². The molecule has 0 aliphatic rings. The minimum absolute atomic E-state index is 0.349. The van der Waals surface area contributed by atoms with Crippen molar-refractivity contribution >= 4 is 11.6 Å². The smallest absolute Gasteiger partial charge is 0.258 e. The van der Waals surface area contributed by atoms with Crippen LogP contribution in [0, 0.1) is 18.6 Å². The van der Waals surface area contributed by atoms with Crippen LogP contribution in [0.2, 0.25) is 0 Å². The molecule has 29 heavy (non-hydrogen) atoms. The molecular formula is C21H15F2N5O. The molecule has 4 aromatic rings. The van der Waals surface area contributed by atoms with Gasteiger partial charge in [-0.25, -0.2) is 8.78 Å². The van der Waals surface area contributed by atoms with E-state index in [2.05, 4.69) is 25.9 Å². The van der Waals surface area contributed by atoms with Crippen LogP contribution in [-0.2, 0) is 0 Å². The molecule has 1 aromatic heterocycles. The zero-order valence-electron chi connectivity index (χ0n) is 15.3. The lowest BCUT2D eigenvalue weighted by atomic mass is 9.97. The first-order chi connectivity index (χ1) is 14.0. The molecule has 0 atom stereocenters. The average molecular weight is 391 g/mol. The van der Waals surface area contributed by atoms with Gasteiger partial charge >= 0.3 is 0 Å². The second-order valence-electron chi connectivity index (χ2n) is 6.40. The van der Waals surface area contributed by atoms with E-state index in [1.807, 2.05) is 37.3 Å². The number of carbonyl (C=O) groups is 1. The van der Waals surface area contributed by atoms with E-state index in [1.54, 1.807) is 12.1 Å². The summed E-state index contributed by atoms with van der Waals surface area (Å²) in [6.45, 7) is 1.98. The SMILES string of the molecule is Cc1ccc(-c2nn[nH]n2)cc1-c1ccc(NC(=O)c2cccc(F)c2F)cc1. The number of H-pyrrole nitrogens is 1. The van der Waals surface area contributed by atoms with E-state index in [9.17, 15) is 13.6 Å². The predicted octanol–water partition coefficient (Wildman–Crippen LogP) is 4.37. The number of aromatic amines is 1. The largest absolute Gasteiger partial charge is 0.322 e. The molecule has 0 saturated heterocycles. The molecule has 0 aliphatic carbocycles. The zero-order chi connectivity index (χ0) is 20.4. The summed E-state index contributed by atoms with van der Waals surface area (Å²) in [5, 5.41) is 16.6. The number of hydrogen-bond acceptors (Lipinski definition) is 4. The van der Waals surface area contributed by atoms with Gasteiger partial charge < -0.3 is 5.32 Å². The monoisotopic (exact) mass is 391 g/mol. The standard InChI is InChI=1S/C21H15F2N5O/c1-12-5-6-14(20-25-27-28-26-20)11-17(12)13-7-9-15(10-8-13)24-21(29)16-3-2-4-18(22)19(16)23/h2-11H,1H3,(H,24,29)(H,25,26,27,28). The van der Waals surface area contributed by atoms with Crippen molar-refractivity contribution in [3.05, 3.63) is 83.4 Å². The maximum absolute atomic E-state index is 13.8. The molecule has 6 nitrogen and oxygen atoms in total. The highest BCUT2D eigenvalue weighted by Crippen LogP contribution is 2.29. The van der Waals surface area contributed by atoms with Crippen LogP contribution >= 0.6 is 0 Å². The van der Waals surface area contributed by atoms with Crippen molar-refractivity contribution in [2.24, 2.45) is 0 Å². The maximum Gasteiger partial charge on any atom is 0.258 e. The molecule has 0 bridgehead atoms. The summed E-state index contributed by atoms with van der Waals surface area (Å²) >= 11 is 0. The normalized spacial score (nSPS) is 10.7. The molecule has 1 heterocycles. The van der Waals surface area contributed by atoms with E-state index in [4.69, 9.17) is 0 Å². The minimum atomic E-state index is -1.17. The lowest BCUT2D eigenvalue weighted by Crippen LogP contribution is -2.14. The zero-order valence-corrected chi connectivity index (χ0v) is 15.3. The lowest BCUT2D eigenvalue weighted by Gasteiger charge is -2.10. The van der Waals surface area contributed by atoms with Crippen molar-refractivity contribution in [3.63, 3.8) is 0 Å². The Balaban J connectivity index is 1.58. The van der Waals surface area contributed by atoms with Gasteiger partial charge in [-0.05, 0) is 59.2 Å². The topological polar surface area (TPSA) is 83.6 Å². The molecule has 144 valence electrons. The number of tetrazole rings is 1. The molecule has 0 aliphatic heterocycles. The van der Waals surface area contributed by atoms with Crippen molar-refractivity contribution in [2.45, 2.75) is 6.92 Å². The Morgan fingerprint density at radius 1 is 1.00 bits per heavy atom. The number of amides is 1. The molecular weight excluding hydrogens is 376 g/mol. The van der Waals surface area contributed by atoms with Crippen LogP contribution in [0.3, 0.4) is 0 Å². The fraction of sp³-hybridized carbons (Fsp3) is 0.0476. The second kappa shape index (κ2) is 7.59. The van der Waals surface area contributed by atoms with E-state index in [-0.39, 0.29) is 5.56 Å². The van der Waals surface area contributed by atoms with Gasteiger partial charge in [0.05, 0.1) is 5.56 Å². The molecule has 4 rings (SSSR count). The number of halogens is 2. The number of aromatic nitrogens is 4. The number of nitrogens with zero attached hydrogens (tertiary/aromatic N) is 3. The van der Waals surface area contributed by atoms with E-state index < -0.39 is 17.5 Å². The Hall–Kier alpha value is -3.94. The molecule has 0 unspecified atom stereocenters. The molecule has 8 heteroatoms. The number of hydrogen-bond donors (Lipinski definition) is 2. The summed E-state index contributed by atoms with van der Waals surface area (Å²) in [6, 6.07) is 16.4. The first-order valence-electron chi connectivity index (χ1n) is 8.73. The van der Waals surface area contributed by atoms with Crippen LogP contribution in [0.25, 0.3) is 22.5 Å². The first kappa shape index (κ1) is 18.4. The van der Waals surface area contributed by atoms with E-state index in [0.29, 0.717) is 11.5 Å². The van der Waals surface area contributed by atoms with Gasteiger partial charge in [-0.15, -0.1) is 10.2 Å². The third-order valence-corrected chi connectivity index (χ3v) is 4.49. The summed E-state index contributed by atoms with van der Waals surface area (Å²) in [5.41, 5.74) is 3.88. The average Bonchev–Trinajstić information content (AvgIpc) is 3.26. The van der Waals surface area contributed by atoms with Crippen LogP contribution < -0.4 is 5.32 Å². The van der Waals surface area contributed by atoms with Gasteiger partial charge in [0.25, 0.3) is 5.91 Å². The molecule has 0 saturated carbocycles. The van der Waals surface area contributed by atoms with Gasteiger partial charge in [-0.1, -0.05) is 30.3 Å². The minimum Gasteiger partial charge on any atom is -0.322 e. The van der Waals surface area contributed by atoms with E-state index in [1.165, 1.54) is 12.1 Å². The fourth-order valence-corrected chi connectivity index (χ4v) is 2.97. The third kappa shape index (κ3) is 3.73. The second-order valence-corrected chi connectivity index (χ2v) is 6.40. The Labute approximate surface area is 164 Å². The highest BCUT2D eigenvalue weighted by atomic mass is 19.2. The molecule has 1 amide bonds. The van der Waals surface area contributed by atoms with Crippen molar-refractivity contribution in [1.82, 2.24) is 20.6 Å². The Morgan fingerprint density at radius 3 is 2.48 bits per heavy atom. The van der Waals surface area contributed by atoms with Crippen molar-refractivity contribution in [1.29, 1.82) is 0 Å². The van der Waals surface area contributed by atoms with Gasteiger partial charge in [0.15, 0.2) is 11.6 Å². The van der Waals surface area contributed by atoms with E-state index >= 15 is 0 Å². The molecule has 0 spiro atoms. The summed E-state index contributed by atoms with van der Waals surface area (Å²) in [7, 11) is 0. The quantitative estimate of drug-likeness (QED) is 0.541. The van der Waals surface area contributed by atoms with Crippen LogP contribution in [0.15, 0.2) is 60.7 Å². The summed E-state index contributed by atoms with van der Waals surface area (Å²) < 4.78 is 27.1. The first-order valence-corrected chi connectivity index (χ1v) is 8.73. The van der Waals surface area contributed by atoms with Crippen LogP contribution in [0.4, 0.5) is 14.5 Å². The number of benzene rings is 3. The molecule has 3 aromatic carbocycles. The fourth-order valence-electron chi connectivity index (χ4n) is 2.97. The highest BCUT2D eigenvalue weighted by molar-refractivity contribution is 6.04. The van der Waals surface area contributed by atoms with Crippen LogP contribution in [0.1, 0.15) is 15.9 Å². The van der Waals surface area contributed by atoms with Gasteiger partial charge in [0.1, 0.15) is 0 Å². The lowest BCUT2D eigenvalue weighted by molar-refractivity contribution is 0.102.